The number of ketones is 1. The maximum atomic E-state index is 12.3. The topological polar surface area (TPSA) is 77.5 Å². The molecular formula is C21H16N2O4S. The number of hydrogen-bond acceptors (Lipinski definition) is 6. The van der Waals surface area contributed by atoms with E-state index in [4.69, 9.17) is 9.47 Å². The molecule has 1 N–H and O–H groups in total. The maximum absolute atomic E-state index is 12.3. The third-order valence-corrected chi connectivity index (χ3v) is 5.12. The quantitative estimate of drug-likeness (QED) is 0.515. The molecule has 0 aliphatic carbocycles. The van der Waals surface area contributed by atoms with Crippen LogP contribution in [-0.4, -0.2) is 23.5 Å². The van der Waals surface area contributed by atoms with Gasteiger partial charge in [-0.05, 0) is 23.8 Å². The minimum Gasteiger partial charge on any atom is -0.454 e. The average Bonchev–Trinajstić information content (AvgIpc) is 3.33. The molecule has 0 fully saturated rings. The number of benzene rings is 2. The molecule has 3 aromatic rings. The van der Waals surface area contributed by atoms with Gasteiger partial charge in [0.25, 0.3) is 0 Å². The van der Waals surface area contributed by atoms with Gasteiger partial charge in [-0.1, -0.05) is 47.7 Å². The molecule has 1 aliphatic heterocycles. The Morgan fingerprint density at radius 3 is 2.68 bits per heavy atom. The second kappa shape index (κ2) is 7.66. The molecule has 140 valence electrons. The van der Waals surface area contributed by atoms with Gasteiger partial charge in [0.1, 0.15) is 0 Å². The van der Waals surface area contributed by atoms with Crippen LogP contribution in [-0.2, 0) is 4.79 Å². The molecule has 0 saturated heterocycles. The molecule has 0 radical (unpaired) electrons. The number of anilines is 1. The Hall–Kier alpha value is -3.45. The summed E-state index contributed by atoms with van der Waals surface area (Å²) in [6.07, 6.45) is 3.09. The van der Waals surface area contributed by atoms with Gasteiger partial charge in [-0.3, -0.25) is 14.9 Å². The summed E-state index contributed by atoms with van der Waals surface area (Å²) in [6, 6.07) is 14.9. The van der Waals surface area contributed by atoms with Crippen molar-refractivity contribution in [2.45, 2.75) is 6.92 Å². The van der Waals surface area contributed by atoms with E-state index in [1.807, 2.05) is 36.4 Å². The fourth-order valence-corrected chi connectivity index (χ4v) is 3.63. The smallest absolute Gasteiger partial charge is 0.250 e. The fraction of sp³-hybridized carbons (Fsp3) is 0.0952. The lowest BCUT2D eigenvalue weighted by atomic mass is 10.1. The molecule has 0 unspecified atom stereocenters. The summed E-state index contributed by atoms with van der Waals surface area (Å²) in [4.78, 5) is 29.2. The number of Topliss-reactive ketones (excluding diaryl/α,β-unsaturated/α-hetero) is 1. The summed E-state index contributed by atoms with van der Waals surface area (Å²) in [5.41, 5.74) is 2.22. The Bertz CT molecular complexity index is 1070. The molecule has 0 spiro atoms. The van der Waals surface area contributed by atoms with Crippen LogP contribution in [0, 0.1) is 0 Å². The predicted octanol–water partition coefficient (Wildman–Crippen LogP) is 4.39. The van der Waals surface area contributed by atoms with E-state index in [0.717, 1.165) is 11.1 Å². The molecule has 0 atom stereocenters. The van der Waals surface area contributed by atoms with Gasteiger partial charge in [-0.2, -0.15) is 0 Å². The van der Waals surface area contributed by atoms with Crippen LogP contribution in [0.2, 0.25) is 0 Å². The van der Waals surface area contributed by atoms with Crippen LogP contribution in [0.3, 0.4) is 0 Å². The first-order valence-corrected chi connectivity index (χ1v) is 9.38. The summed E-state index contributed by atoms with van der Waals surface area (Å²) in [7, 11) is 0. The van der Waals surface area contributed by atoms with Crippen LogP contribution in [0.25, 0.3) is 17.3 Å². The van der Waals surface area contributed by atoms with E-state index in [-0.39, 0.29) is 18.5 Å². The zero-order chi connectivity index (χ0) is 19.5. The van der Waals surface area contributed by atoms with Crippen molar-refractivity contribution in [2.24, 2.45) is 0 Å². The molecule has 6 nitrogen and oxygen atoms in total. The average molecular weight is 392 g/mol. The maximum Gasteiger partial charge on any atom is 0.250 e. The van der Waals surface area contributed by atoms with Crippen molar-refractivity contribution in [3.8, 4) is 22.8 Å². The first kappa shape index (κ1) is 17.9. The molecule has 0 bridgehead atoms. The minimum atomic E-state index is -0.332. The van der Waals surface area contributed by atoms with Crippen molar-refractivity contribution in [3.05, 3.63) is 65.0 Å². The fourth-order valence-electron chi connectivity index (χ4n) is 2.74. The summed E-state index contributed by atoms with van der Waals surface area (Å²) in [5.74, 6) is 0.921. The predicted molar refractivity (Wildman–Crippen MR) is 108 cm³/mol. The standard InChI is InChI=1S/C21H16N2O4S/c1-13(24)20-19(15-5-3-2-4-6-15)23-21(28-20)22-18(25)10-8-14-7-9-16-17(11-14)27-12-26-16/h2-11H,12H2,1H3,(H,22,23,25). The SMILES string of the molecule is CC(=O)c1sc(NC(=O)C=Cc2ccc3c(c2)OCO3)nc1-c1ccccc1. The second-order valence-corrected chi connectivity index (χ2v) is 7.05. The first-order valence-electron chi connectivity index (χ1n) is 8.56. The van der Waals surface area contributed by atoms with Crippen molar-refractivity contribution in [1.29, 1.82) is 0 Å². The van der Waals surface area contributed by atoms with Crippen molar-refractivity contribution in [2.75, 3.05) is 12.1 Å². The Labute approximate surface area is 165 Å². The summed E-state index contributed by atoms with van der Waals surface area (Å²) in [6.45, 7) is 1.69. The highest BCUT2D eigenvalue weighted by Crippen LogP contribution is 2.33. The Morgan fingerprint density at radius 2 is 1.89 bits per heavy atom. The second-order valence-electron chi connectivity index (χ2n) is 6.05. The van der Waals surface area contributed by atoms with Crippen LogP contribution < -0.4 is 14.8 Å². The van der Waals surface area contributed by atoms with E-state index in [9.17, 15) is 9.59 Å². The van der Waals surface area contributed by atoms with Crippen molar-refractivity contribution in [1.82, 2.24) is 4.98 Å². The van der Waals surface area contributed by atoms with Gasteiger partial charge in [-0.25, -0.2) is 4.98 Å². The van der Waals surface area contributed by atoms with Crippen molar-refractivity contribution >= 4 is 34.2 Å². The molecule has 28 heavy (non-hydrogen) atoms. The van der Waals surface area contributed by atoms with Crippen LogP contribution >= 0.6 is 11.3 Å². The molecule has 1 amide bonds. The number of fused-ring (bicyclic) bond motifs is 1. The van der Waals surface area contributed by atoms with E-state index in [2.05, 4.69) is 10.3 Å². The molecular weight excluding hydrogens is 376 g/mol. The van der Waals surface area contributed by atoms with E-state index in [1.165, 1.54) is 24.3 Å². The first-order chi connectivity index (χ1) is 13.6. The number of aromatic nitrogens is 1. The lowest BCUT2D eigenvalue weighted by Crippen LogP contribution is -2.07. The van der Waals surface area contributed by atoms with Crippen LogP contribution in [0.1, 0.15) is 22.2 Å². The monoisotopic (exact) mass is 392 g/mol. The van der Waals surface area contributed by atoms with E-state index in [1.54, 1.807) is 18.2 Å². The minimum absolute atomic E-state index is 0.0900. The lowest BCUT2D eigenvalue weighted by molar-refractivity contribution is -0.111. The van der Waals surface area contributed by atoms with Crippen LogP contribution in [0.4, 0.5) is 5.13 Å². The Morgan fingerprint density at radius 1 is 1.11 bits per heavy atom. The number of nitrogens with one attached hydrogen (secondary N) is 1. The number of thiazole rings is 1. The summed E-state index contributed by atoms with van der Waals surface area (Å²) >= 11 is 1.17. The highest BCUT2D eigenvalue weighted by molar-refractivity contribution is 7.18. The molecule has 7 heteroatoms. The number of carbonyl (C=O) groups excluding carboxylic acids is 2. The zero-order valence-corrected chi connectivity index (χ0v) is 15.8. The molecule has 1 aromatic heterocycles. The van der Waals surface area contributed by atoms with Gasteiger partial charge in [0.15, 0.2) is 22.4 Å². The van der Waals surface area contributed by atoms with Crippen LogP contribution in [0.15, 0.2) is 54.6 Å². The van der Waals surface area contributed by atoms with Gasteiger partial charge in [0.05, 0.1) is 10.6 Å². The highest BCUT2D eigenvalue weighted by atomic mass is 32.1. The van der Waals surface area contributed by atoms with Gasteiger partial charge in [-0.15, -0.1) is 0 Å². The van der Waals surface area contributed by atoms with E-state index in [0.29, 0.717) is 27.2 Å². The van der Waals surface area contributed by atoms with E-state index >= 15 is 0 Å². The normalized spacial score (nSPS) is 12.3. The van der Waals surface area contributed by atoms with Gasteiger partial charge in [0, 0.05) is 18.6 Å². The van der Waals surface area contributed by atoms with E-state index < -0.39 is 0 Å². The number of hydrogen-bond donors (Lipinski definition) is 1. The third-order valence-electron chi connectivity index (χ3n) is 4.05. The zero-order valence-electron chi connectivity index (χ0n) is 15.0. The number of carbonyl (C=O) groups is 2. The van der Waals surface area contributed by atoms with Gasteiger partial charge in [0.2, 0.25) is 12.7 Å². The number of nitrogens with zero attached hydrogens (tertiary/aromatic N) is 1. The molecule has 1 aliphatic rings. The largest absolute Gasteiger partial charge is 0.454 e. The van der Waals surface area contributed by atoms with Gasteiger partial charge >= 0.3 is 0 Å². The molecule has 0 saturated carbocycles. The number of amides is 1. The number of rotatable bonds is 5. The summed E-state index contributed by atoms with van der Waals surface area (Å²) in [5, 5.41) is 3.10. The highest BCUT2D eigenvalue weighted by Gasteiger charge is 2.17. The summed E-state index contributed by atoms with van der Waals surface area (Å²) < 4.78 is 10.6. The van der Waals surface area contributed by atoms with Crippen molar-refractivity contribution < 1.29 is 19.1 Å². The molecule has 4 rings (SSSR count). The Balaban J connectivity index is 1.51. The van der Waals surface area contributed by atoms with Crippen LogP contribution in [0.5, 0.6) is 11.5 Å². The molecule has 2 heterocycles. The van der Waals surface area contributed by atoms with Crippen molar-refractivity contribution in [3.63, 3.8) is 0 Å². The third kappa shape index (κ3) is 3.79. The number of ether oxygens (including phenoxy) is 2. The lowest BCUT2D eigenvalue weighted by Gasteiger charge is -1.99. The Kier molecular flexibility index (Phi) is 4.90. The van der Waals surface area contributed by atoms with Gasteiger partial charge < -0.3 is 9.47 Å². The molecule has 2 aromatic carbocycles.